The number of hydrogen-bond donors (Lipinski definition) is 1. The highest BCUT2D eigenvalue weighted by Crippen LogP contribution is 2.32. The van der Waals surface area contributed by atoms with Gasteiger partial charge in [-0.1, -0.05) is 0 Å². The van der Waals surface area contributed by atoms with Crippen molar-refractivity contribution in [1.82, 2.24) is 4.90 Å². The number of piperidine rings is 1. The van der Waals surface area contributed by atoms with Crippen molar-refractivity contribution < 1.29 is 9.47 Å². The molecular formula is C12H24N2O2. The van der Waals surface area contributed by atoms with Crippen LogP contribution in [0.2, 0.25) is 0 Å². The van der Waals surface area contributed by atoms with Gasteiger partial charge in [-0.05, 0) is 25.7 Å². The first kappa shape index (κ1) is 12.3. The van der Waals surface area contributed by atoms with Crippen LogP contribution >= 0.6 is 0 Å². The molecule has 1 heterocycles. The molecule has 1 saturated carbocycles. The molecule has 0 bridgehead atoms. The van der Waals surface area contributed by atoms with E-state index in [1.54, 1.807) is 14.2 Å². The SMILES string of the molecule is COC1CCN(C2CC(OC)C2)C(CN)C1. The third-order valence-electron chi connectivity index (χ3n) is 4.19. The molecular weight excluding hydrogens is 204 g/mol. The highest BCUT2D eigenvalue weighted by molar-refractivity contribution is 4.94. The standard InChI is InChI=1S/C12H24N2O2/c1-15-11-3-4-14(10(7-11)8-13)9-5-12(6-9)16-2/h9-12H,3-8,13H2,1-2H3. The molecule has 0 aromatic carbocycles. The molecule has 0 amide bonds. The van der Waals surface area contributed by atoms with Crippen LogP contribution in [-0.4, -0.2) is 56.5 Å². The van der Waals surface area contributed by atoms with E-state index in [1.165, 1.54) is 12.8 Å². The van der Waals surface area contributed by atoms with Gasteiger partial charge in [0.25, 0.3) is 0 Å². The van der Waals surface area contributed by atoms with Crippen molar-refractivity contribution in [3.05, 3.63) is 0 Å². The van der Waals surface area contributed by atoms with Crippen LogP contribution in [0.4, 0.5) is 0 Å². The molecule has 1 saturated heterocycles. The second kappa shape index (κ2) is 5.45. The van der Waals surface area contributed by atoms with E-state index < -0.39 is 0 Å². The van der Waals surface area contributed by atoms with Crippen molar-refractivity contribution in [1.29, 1.82) is 0 Å². The van der Waals surface area contributed by atoms with Crippen LogP contribution in [0.5, 0.6) is 0 Å². The zero-order chi connectivity index (χ0) is 11.5. The first-order valence-electron chi connectivity index (χ1n) is 6.29. The van der Waals surface area contributed by atoms with Gasteiger partial charge in [0.1, 0.15) is 0 Å². The lowest BCUT2D eigenvalue weighted by molar-refractivity contribution is -0.0693. The first-order chi connectivity index (χ1) is 7.78. The van der Waals surface area contributed by atoms with E-state index in [4.69, 9.17) is 15.2 Å². The summed E-state index contributed by atoms with van der Waals surface area (Å²) in [6, 6.07) is 1.19. The number of rotatable bonds is 4. The van der Waals surface area contributed by atoms with Gasteiger partial charge in [-0.15, -0.1) is 0 Å². The minimum atomic E-state index is 0.406. The second-order valence-electron chi connectivity index (χ2n) is 4.99. The lowest BCUT2D eigenvalue weighted by Crippen LogP contribution is -2.57. The summed E-state index contributed by atoms with van der Waals surface area (Å²) in [6.07, 6.45) is 5.45. The number of ether oxygens (including phenoxy) is 2. The summed E-state index contributed by atoms with van der Waals surface area (Å²) >= 11 is 0. The normalized spacial score (nSPS) is 40.7. The lowest BCUT2D eigenvalue weighted by Gasteiger charge is -2.48. The highest BCUT2D eigenvalue weighted by atomic mass is 16.5. The van der Waals surface area contributed by atoms with E-state index in [0.717, 1.165) is 25.9 Å². The Bertz CT molecular complexity index is 219. The topological polar surface area (TPSA) is 47.7 Å². The first-order valence-corrected chi connectivity index (χ1v) is 6.29. The van der Waals surface area contributed by atoms with Crippen molar-refractivity contribution >= 4 is 0 Å². The largest absolute Gasteiger partial charge is 0.381 e. The van der Waals surface area contributed by atoms with Gasteiger partial charge in [0.05, 0.1) is 12.2 Å². The van der Waals surface area contributed by atoms with Gasteiger partial charge in [-0.25, -0.2) is 0 Å². The maximum Gasteiger partial charge on any atom is 0.0601 e. The Hall–Kier alpha value is -0.160. The third kappa shape index (κ3) is 2.40. The molecule has 1 aliphatic heterocycles. The molecule has 94 valence electrons. The van der Waals surface area contributed by atoms with E-state index in [2.05, 4.69) is 4.90 Å². The van der Waals surface area contributed by atoms with Gasteiger partial charge in [-0.2, -0.15) is 0 Å². The Labute approximate surface area is 98.1 Å². The van der Waals surface area contributed by atoms with Gasteiger partial charge < -0.3 is 15.2 Å². The van der Waals surface area contributed by atoms with Gasteiger partial charge in [0.15, 0.2) is 0 Å². The number of methoxy groups -OCH3 is 2. The number of hydrogen-bond acceptors (Lipinski definition) is 4. The van der Waals surface area contributed by atoms with Crippen molar-refractivity contribution in [2.75, 3.05) is 27.3 Å². The van der Waals surface area contributed by atoms with E-state index >= 15 is 0 Å². The monoisotopic (exact) mass is 228 g/mol. The Balaban J connectivity index is 1.85. The van der Waals surface area contributed by atoms with Crippen LogP contribution < -0.4 is 5.73 Å². The van der Waals surface area contributed by atoms with Crippen molar-refractivity contribution in [2.45, 2.75) is 50.0 Å². The minimum absolute atomic E-state index is 0.406. The van der Waals surface area contributed by atoms with E-state index in [1.807, 2.05) is 0 Å². The fourth-order valence-electron chi connectivity index (χ4n) is 2.96. The summed E-state index contributed by atoms with van der Waals surface area (Å²) in [5.74, 6) is 0. The molecule has 0 radical (unpaired) electrons. The summed E-state index contributed by atoms with van der Waals surface area (Å²) < 4.78 is 10.8. The van der Waals surface area contributed by atoms with Crippen LogP contribution in [-0.2, 0) is 9.47 Å². The highest BCUT2D eigenvalue weighted by Gasteiger charge is 2.39. The number of likely N-dealkylation sites (tertiary alicyclic amines) is 1. The Morgan fingerprint density at radius 3 is 2.38 bits per heavy atom. The van der Waals surface area contributed by atoms with Crippen molar-refractivity contribution in [2.24, 2.45) is 5.73 Å². The fourth-order valence-corrected chi connectivity index (χ4v) is 2.96. The van der Waals surface area contributed by atoms with E-state index in [0.29, 0.717) is 24.3 Å². The number of nitrogens with zero attached hydrogens (tertiary/aromatic N) is 1. The molecule has 0 spiro atoms. The zero-order valence-corrected chi connectivity index (χ0v) is 10.4. The van der Waals surface area contributed by atoms with E-state index in [-0.39, 0.29) is 0 Å². The molecule has 2 rings (SSSR count). The summed E-state index contributed by atoms with van der Waals surface area (Å²) in [5, 5.41) is 0. The molecule has 2 aliphatic rings. The van der Waals surface area contributed by atoms with Crippen molar-refractivity contribution in [3.63, 3.8) is 0 Å². The van der Waals surface area contributed by atoms with Gasteiger partial charge in [0.2, 0.25) is 0 Å². The van der Waals surface area contributed by atoms with Crippen LogP contribution in [0, 0.1) is 0 Å². The molecule has 2 fully saturated rings. The maximum atomic E-state index is 5.87. The smallest absolute Gasteiger partial charge is 0.0601 e. The maximum absolute atomic E-state index is 5.87. The van der Waals surface area contributed by atoms with Crippen LogP contribution in [0.3, 0.4) is 0 Å². The average molecular weight is 228 g/mol. The summed E-state index contributed by atoms with van der Waals surface area (Å²) in [4.78, 5) is 2.57. The van der Waals surface area contributed by atoms with E-state index in [9.17, 15) is 0 Å². The number of nitrogens with two attached hydrogens (primary N) is 1. The second-order valence-corrected chi connectivity index (χ2v) is 4.99. The van der Waals surface area contributed by atoms with Gasteiger partial charge in [0, 0.05) is 39.4 Å². The third-order valence-corrected chi connectivity index (χ3v) is 4.19. The quantitative estimate of drug-likeness (QED) is 0.765. The molecule has 2 unspecified atom stereocenters. The summed E-state index contributed by atoms with van der Waals surface area (Å²) in [6.45, 7) is 1.87. The summed E-state index contributed by atoms with van der Waals surface area (Å²) in [5.41, 5.74) is 5.87. The van der Waals surface area contributed by atoms with Crippen LogP contribution in [0.25, 0.3) is 0 Å². The predicted octanol–water partition coefficient (Wildman–Crippen LogP) is 0.602. The predicted molar refractivity (Wildman–Crippen MR) is 63.4 cm³/mol. The molecule has 0 aromatic rings. The Morgan fingerprint density at radius 2 is 1.81 bits per heavy atom. The van der Waals surface area contributed by atoms with Crippen LogP contribution in [0.15, 0.2) is 0 Å². The molecule has 4 nitrogen and oxygen atoms in total. The van der Waals surface area contributed by atoms with Crippen molar-refractivity contribution in [3.8, 4) is 0 Å². The molecule has 1 aliphatic carbocycles. The minimum Gasteiger partial charge on any atom is -0.381 e. The zero-order valence-electron chi connectivity index (χ0n) is 10.4. The van der Waals surface area contributed by atoms with Crippen LogP contribution in [0.1, 0.15) is 25.7 Å². The Kier molecular flexibility index (Phi) is 4.19. The average Bonchev–Trinajstić information content (AvgIpc) is 2.28. The lowest BCUT2D eigenvalue weighted by atomic mass is 9.84. The molecule has 4 heteroatoms. The van der Waals surface area contributed by atoms with Gasteiger partial charge >= 0.3 is 0 Å². The molecule has 2 N–H and O–H groups in total. The molecule has 2 atom stereocenters. The van der Waals surface area contributed by atoms with Gasteiger partial charge in [-0.3, -0.25) is 4.90 Å². The fraction of sp³-hybridized carbons (Fsp3) is 1.00. The Morgan fingerprint density at radius 1 is 1.12 bits per heavy atom. The summed E-state index contributed by atoms with van der Waals surface area (Å²) in [7, 11) is 3.61. The molecule has 0 aromatic heterocycles. The molecule has 16 heavy (non-hydrogen) atoms.